The third kappa shape index (κ3) is 3.04. The molecular formula is C19H18ClN5O. The van der Waals surface area contributed by atoms with Gasteiger partial charge in [0, 0.05) is 16.8 Å². The van der Waals surface area contributed by atoms with Crippen molar-refractivity contribution in [3.63, 3.8) is 0 Å². The van der Waals surface area contributed by atoms with Gasteiger partial charge in [0.1, 0.15) is 6.33 Å². The van der Waals surface area contributed by atoms with Crippen molar-refractivity contribution >= 4 is 29.1 Å². The minimum absolute atomic E-state index is 0.0812. The molecule has 7 heteroatoms. The number of amides is 1. The number of halogens is 1. The second kappa shape index (κ2) is 6.80. The number of hydrogen-bond donors (Lipinski definition) is 2. The van der Waals surface area contributed by atoms with Gasteiger partial charge in [-0.3, -0.25) is 4.79 Å². The predicted octanol–water partition coefficient (Wildman–Crippen LogP) is 3.59. The molecule has 1 amide bonds. The van der Waals surface area contributed by atoms with Gasteiger partial charge in [0.2, 0.25) is 11.9 Å². The first-order valence-corrected chi connectivity index (χ1v) is 8.78. The number of nitrogens with zero attached hydrogens (tertiary/aromatic N) is 3. The highest BCUT2D eigenvalue weighted by Crippen LogP contribution is 2.37. The van der Waals surface area contributed by atoms with Gasteiger partial charge in [-0.25, -0.2) is 4.68 Å². The summed E-state index contributed by atoms with van der Waals surface area (Å²) in [5.74, 6) is 0.177. The van der Waals surface area contributed by atoms with Gasteiger partial charge in [-0.1, -0.05) is 41.9 Å². The van der Waals surface area contributed by atoms with Crippen molar-refractivity contribution in [3.05, 3.63) is 71.5 Å². The lowest BCUT2D eigenvalue weighted by Crippen LogP contribution is -2.46. The molecule has 6 nitrogen and oxygen atoms in total. The van der Waals surface area contributed by atoms with Crippen molar-refractivity contribution in [2.24, 2.45) is 5.92 Å². The fraction of sp³-hybridized carbons (Fsp3) is 0.211. The summed E-state index contributed by atoms with van der Waals surface area (Å²) in [6, 6.07) is 16.5. The van der Waals surface area contributed by atoms with Crippen molar-refractivity contribution in [2.45, 2.75) is 19.0 Å². The molecule has 0 bridgehead atoms. The zero-order valence-electron chi connectivity index (χ0n) is 14.1. The molecule has 26 heavy (non-hydrogen) atoms. The number of fused-ring (bicyclic) bond motifs is 1. The molecule has 1 aliphatic rings. The summed E-state index contributed by atoms with van der Waals surface area (Å²) in [5, 5.41) is 11.2. The van der Waals surface area contributed by atoms with Crippen molar-refractivity contribution in [1.29, 1.82) is 0 Å². The Morgan fingerprint density at radius 1 is 1.19 bits per heavy atom. The molecule has 0 saturated carbocycles. The SMILES string of the molecule is C[C@H]1Nc2ncnn2[C@@H](c2cccc(Cl)c2)[C@H]1C(=O)Nc1ccccc1. The van der Waals surface area contributed by atoms with Gasteiger partial charge in [0.15, 0.2) is 0 Å². The number of nitrogens with one attached hydrogen (secondary N) is 2. The normalized spacial score (nSPS) is 21.5. The minimum Gasteiger partial charge on any atom is -0.351 e. The summed E-state index contributed by atoms with van der Waals surface area (Å²) in [4.78, 5) is 17.4. The largest absolute Gasteiger partial charge is 0.351 e. The zero-order valence-corrected chi connectivity index (χ0v) is 14.9. The van der Waals surface area contributed by atoms with Gasteiger partial charge >= 0.3 is 0 Å². The smallest absolute Gasteiger partial charge is 0.232 e. The fourth-order valence-electron chi connectivity index (χ4n) is 3.43. The first-order valence-electron chi connectivity index (χ1n) is 8.41. The van der Waals surface area contributed by atoms with Crippen LogP contribution in [-0.4, -0.2) is 26.7 Å². The predicted molar refractivity (Wildman–Crippen MR) is 101 cm³/mol. The second-order valence-electron chi connectivity index (χ2n) is 6.34. The maximum Gasteiger partial charge on any atom is 0.232 e. The number of carbonyl (C=O) groups is 1. The quantitative estimate of drug-likeness (QED) is 0.742. The van der Waals surface area contributed by atoms with Crippen LogP contribution in [0.5, 0.6) is 0 Å². The molecule has 2 heterocycles. The summed E-state index contributed by atoms with van der Waals surface area (Å²) in [6.07, 6.45) is 1.49. The average molecular weight is 368 g/mol. The summed E-state index contributed by atoms with van der Waals surface area (Å²) in [5.41, 5.74) is 1.68. The molecule has 132 valence electrons. The van der Waals surface area contributed by atoms with Crippen LogP contribution in [0.15, 0.2) is 60.9 Å². The Balaban J connectivity index is 1.74. The van der Waals surface area contributed by atoms with E-state index in [0.29, 0.717) is 11.0 Å². The number of rotatable bonds is 3. The number of hydrogen-bond acceptors (Lipinski definition) is 4. The maximum atomic E-state index is 13.1. The van der Waals surface area contributed by atoms with Crippen molar-refractivity contribution in [2.75, 3.05) is 10.6 Å². The fourth-order valence-corrected chi connectivity index (χ4v) is 3.63. The first kappa shape index (κ1) is 16.6. The Labute approximate surface area is 156 Å². The van der Waals surface area contributed by atoms with Crippen LogP contribution in [0.3, 0.4) is 0 Å². The Kier molecular flexibility index (Phi) is 4.34. The minimum atomic E-state index is -0.386. The Bertz CT molecular complexity index is 926. The topological polar surface area (TPSA) is 71.8 Å². The van der Waals surface area contributed by atoms with E-state index in [1.54, 1.807) is 4.68 Å². The lowest BCUT2D eigenvalue weighted by molar-refractivity contribution is -0.121. The first-order chi connectivity index (χ1) is 12.6. The highest BCUT2D eigenvalue weighted by molar-refractivity contribution is 6.30. The molecule has 3 aromatic rings. The van der Waals surface area contributed by atoms with Crippen LogP contribution in [0.25, 0.3) is 0 Å². The van der Waals surface area contributed by atoms with Crippen LogP contribution in [-0.2, 0) is 4.79 Å². The van der Waals surface area contributed by atoms with E-state index in [9.17, 15) is 4.79 Å². The lowest BCUT2D eigenvalue weighted by atomic mass is 9.85. The molecule has 0 unspecified atom stereocenters. The van der Waals surface area contributed by atoms with E-state index in [0.717, 1.165) is 11.3 Å². The van der Waals surface area contributed by atoms with Crippen molar-refractivity contribution in [3.8, 4) is 0 Å². The standard InChI is InChI=1S/C19H18ClN5O/c1-12-16(18(26)24-15-8-3-2-4-9-15)17(13-6-5-7-14(20)10-13)25-19(23-12)21-11-22-25/h2-12,16-17H,1H3,(H,24,26)(H,21,22,23)/t12-,16+,17+/m1/s1. The molecule has 0 spiro atoms. The van der Waals surface area contributed by atoms with Crippen LogP contribution in [0.1, 0.15) is 18.5 Å². The average Bonchev–Trinajstić information content (AvgIpc) is 3.09. The molecule has 1 aromatic heterocycles. The molecule has 0 radical (unpaired) electrons. The van der Waals surface area contributed by atoms with Gasteiger partial charge < -0.3 is 10.6 Å². The maximum absolute atomic E-state index is 13.1. The van der Waals surface area contributed by atoms with E-state index >= 15 is 0 Å². The number of para-hydroxylation sites is 1. The number of benzene rings is 2. The molecular weight excluding hydrogens is 350 g/mol. The molecule has 0 saturated heterocycles. The van der Waals surface area contributed by atoms with Crippen molar-refractivity contribution < 1.29 is 4.79 Å². The third-order valence-corrected chi connectivity index (χ3v) is 4.84. The second-order valence-corrected chi connectivity index (χ2v) is 6.78. The van der Waals surface area contributed by atoms with E-state index in [2.05, 4.69) is 20.7 Å². The number of anilines is 2. The van der Waals surface area contributed by atoms with Gasteiger partial charge in [0.05, 0.1) is 12.0 Å². The van der Waals surface area contributed by atoms with Crippen LogP contribution in [0.2, 0.25) is 5.02 Å². The van der Waals surface area contributed by atoms with Crippen LogP contribution in [0.4, 0.5) is 11.6 Å². The van der Waals surface area contributed by atoms with Crippen molar-refractivity contribution in [1.82, 2.24) is 14.8 Å². The Hall–Kier alpha value is -2.86. The van der Waals surface area contributed by atoms with Crippen LogP contribution >= 0.6 is 11.6 Å². The van der Waals surface area contributed by atoms with Crippen LogP contribution < -0.4 is 10.6 Å². The Morgan fingerprint density at radius 2 is 2.00 bits per heavy atom. The zero-order chi connectivity index (χ0) is 18.1. The molecule has 0 fully saturated rings. The molecule has 2 aromatic carbocycles. The molecule has 2 N–H and O–H groups in total. The van der Waals surface area contributed by atoms with E-state index in [1.165, 1.54) is 6.33 Å². The summed E-state index contributed by atoms with van der Waals surface area (Å²) < 4.78 is 1.75. The molecule has 4 rings (SSSR count). The van der Waals surface area contributed by atoms with Gasteiger partial charge in [0.25, 0.3) is 0 Å². The monoisotopic (exact) mass is 367 g/mol. The van der Waals surface area contributed by atoms with Gasteiger partial charge in [-0.05, 0) is 36.8 Å². The molecule has 0 aliphatic carbocycles. The molecule has 1 aliphatic heterocycles. The van der Waals surface area contributed by atoms with Gasteiger partial charge in [-0.2, -0.15) is 10.1 Å². The Morgan fingerprint density at radius 3 is 2.77 bits per heavy atom. The van der Waals surface area contributed by atoms with Crippen LogP contribution in [0, 0.1) is 5.92 Å². The molecule has 3 atom stereocenters. The van der Waals surface area contributed by atoms with Gasteiger partial charge in [-0.15, -0.1) is 0 Å². The number of aromatic nitrogens is 3. The highest BCUT2D eigenvalue weighted by atomic mass is 35.5. The number of carbonyl (C=O) groups excluding carboxylic acids is 1. The highest BCUT2D eigenvalue weighted by Gasteiger charge is 2.41. The van der Waals surface area contributed by atoms with E-state index in [1.807, 2.05) is 61.5 Å². The van der Waals surface area contributed by atoms with E-state index in [4.69, 9.17) is 11.6 Å². The lowest BCUT2D eigenvalue weighted by Gasteiger charge is -2.36. The van der Waals surface area contributed by atoms with E-state index in [-0.39, 0.29) is 23.9 Å². The van der Waals surface area contributed by atoms with E-state index < -0.39 is 0 Å². The summed E-state index contributed by atoms with van der Waals surface area (Å²) >= 11 is 6.20. The summed E-state index contributed by atoms with van der Waals surface area (Å²) in [7, 11) is 0. The summed E-state index contributed by atoms with van der Waals surface area (Å²) in [6.45, 7) is 1.98. The third-order valence-electron chi connectivity index (χ3n) is 4.61.